The molecule has 1 aromatic heterocycles. The Labute approximate surface area is 92.8 Å². The second-order valence-corrected chi connectivity index (χ2v) is 4.42. The third-order valence-corrected chi connectivity index (χ3v) is 2.73. The van der Waals surface area contributed by atoms with E-state index in [2.05, 4.69) is 20.8 Å². The van der Waals surface area contributed by atoms with Gasteiger partial charge in [-0.3, -0.25) is 0 Å². The average Bonchev–Trinajstić information content (AvgIpc) is 3.18. The van der Waals surface area contributed by atoms with E-state index in [-0.39, 0.29) is 6.03 Å². The van der Waals surface area contributed by atoms with Crippen molar-refractivity contribution in [3.63, 3.8) is 0 Å². The van der Waals surface area contributed by atoms with Crippen LogP contribution in [-0.4, -0.2) is 22.2 Å². The molecule has 1 heterocycles. The van der Waals surface area contributed by atoms with Gasteiger partial charge >= 0.3 is 6.03 Å². The fourth-order valence-corrected chi connectivity index (χ4v) is 1.46. The van der Waals surface area contributed by atoms with E-state index in [9.17, 15) is 4.79 Å². The highest BCUT2D eigenvalue weighted by Crippen LogP contribution is 2.38. The molecule has 0 spiro atoms. The molecule has 3 rings (SSSR count). The Balaban J connectivity index is 1.47. The first kappa shape index (κ1) is 9.62. The first-order valence-corrected chi connectivity index (χ1v) is 5.68. The van der Waals surface area contributed by atoms with Crippen molar-refractivity contribution in [2.75, 3.05) is 0 Å². The summed E-state index contributed by atoms with van der Waals surface area (Å²) in [5.41, 5.74) is 0. The predicted molar refractivity (Wildman–Crippen MR) is 54.7 cm³/mol. The molecular weight excluding hydrogens is 208 g/mol. The number of nitrogens with one attached hydrogen (secondary N) is 2. The standard InChI is InChI=1S/C10H14N4O2/c15-10(12-7-3-4-7)11-5-8-13-9(16-14-8)6-1-2-6/h6-7H,1-5H2,(H2,11,12,15). The molecule has 2 saturated carbocycles. The van der Waals surface area contributed by atoms with Crippen molar-refractivity contribution in [3.8, 4) is 0 Å². The molecular formula is C10H14N4O2. The lowest BCUT2D eigenvalue weighted by Crippen LogP contribution is -2.36. The molecule has 0 unspecified atom stereocenters. The van der Waals surface area contributed by atoms with Gasteiger partial charge in [0.15, 0.2) is 5.82 Å². The molecule has 2 N–H and O–H groups in total. The number of carbonyl (C=O) groups excluding carboxylic acids is 1. The highest BCUT2D eigenvalue weighted by molar-refractivity contribution is 5.74. The predicted octanol–water partition coefficient (Wildman–Crippen LogP) is 0.909. The third kappa shape index (κ3) is 2.32. The van der Waals surface area contributed by atoms with Crippen molar-refractivity contribution in [2.45, 2.75) is 44.2 Å². The monoisotopic (exact) mass is 222 g/mol. The van der Waals surface area contributed by atoms with E-state index in [1.807, 2.05) is 0 Å². The van der Waals surface area contributed by atoms with Crippen LogP contribution in [0.5, 0.6) is 0 Å². The number of aromatic nitrogens is 2. The van der Waals surface area contributed by atoms with Crippen LogP contribution in [0.3, 0.4) is 0 Å². The minimum absolute atomic E-state index is 0.153. The Morgan fingerprint density at radius 1 is 1.38 bits per heavy atom. The van der Waals surface area contributed by atoms with Gasteiger partial charge in [0.1, 0.15) is 0 Å². The molecule has 2 amide bonds. The molecule has 2 fully saturated rings. The van der Waals surface area contributed by atoms with Crippen molar-refractivity contribution >= 4 is 6.03 Å². The molecule has 1 aromatic rings. The number of hydrogen-bond donors (Lipinski definition) is 2. The van der Waals surface area contributed by atoms with Gasteiger partial charge in [0.25, 0.3) is 0 Å². The molecule has 0 atom stereocenters. The molecule has 6 heteroatoms. The van der Waals surface area contributed by atoms with Crippen LogP contribution in [0.25, 0.3) is 0 Å². The molecule has 0 radical (unpaired) electrons. The molecule has 16 heavy (non-hydrogen) atoms. The van der Waals surface area contributed by atoms with E-state index in [1.165, 1.54) is 0 Å². The highest BCUT2D eigenvalue weighted by Gasteiger charge is 2.29. The number of urea groups is 1. The van der Waals surface area contributed by atoms with E-state index < -0.39 is 0 Å². The van der Waals surface area contributed by atoms with Gasteiger partial charge in [-0.15, -0.1) is 0 Å². The lowest BCUT2D eigenvalue weighted by Gasteiger charge is -2.02. The average molecular weight is 222 g/mol. The van der Waals surface area contributed by atoms with E-state index in [0.29, 0.717) is 30.2 Å². The largest absolute Gasteiger partial charge is 0.339 e. The fourth-order valence-electron chi connectivity index (χ4n) is 1.46. The smallest absolute Gasteiger partial charge is 0.315 e. The molecule has 86 valence electrons. The van der Waals surface area contributed by atoms with E-state index in [1.54, 1.807) is 0 Å². The third-order valence-electron chi connectivity index (χ3n) is 2.73. The molecule has 0 aliphatic heterocycles. The summed E-state index contributed by atoms with van der Waals surface area (Å²) in [5.74, 6) is 1.72. The normalized spacial score (nSPS) is 19.5. The van der Waals surface area contributed by atoms with Gasteiger partial charge in [0.05, 0.1) is 6.54 Å². The number of nitrogens with zero attached hydrogens (tertiary/aromatic N) is 2. The van der Waals surface area contributed by atoms with Crippen molar-refractivity contribution in [3.05, 3.63) is 11.7 Å². The van der Waals surface area contributed by atoms with Crippen LogP contribution in [0.1, 0.15) is 43.3 Å². The summed E-state index contributed by atoms with van der Waals surface area (Å²) < 4.78 is 5.08. The maximum absolute atomic E-state index is 11.3. The van der Waals surface area contributed by atoms with Gasteiger partial charge in [0.2, 0.25) is 5.89 Å². The summed E-state index contributed by atoms with van der Waals surface area (Å²) in [6.45, 7) is 0.328. The first-order chi connectivity index (χ1) is 7.81. The summed E-state index contributed by atoms with van der Waals surface area (Å²) in [7, 11) is 0. The van der Waals surface area contributed by atoms with Crippen molar-refractivity contribution in [1.29, 1.82) is 0 Å². The van der Waals surface area contributed by atoms with Gasteiger partial charge < -0.3 is 15.2 Å². The molecule has 0 aromatic carbocycles. The van der Waals surface area contributed by atoms with Gasteiger partial charge in [-0.05, 0) is 25.7 Å². The molecule has 2 aliphatic rings. The summed E-state index contributed by atoms with van der Waals surface area (Å²) in [5, 5.41) is 9.35. The van der Waals surface area contributed by atoms with Crippen LogP contribution in [0.15, 0.2) is 4.52 Å². The minimum atomic E-state index is -0.153. The van der Waals surface area contributed by atoms with E-state index in [4.69, 9.17) is 4.52 Å². The Kier molecular flexibility index (Phi) is 2.27. The number of amides is 2. The van der Waals surface area contributed by atoms with Crippen LogP contribution >= 0.6 is 0 Å². The lowest BCUT2D eigenvalue weighted by molar-refractivity contribution is 0.239. The molecule has 0 saturated heterocycles. The maximum Gasteiger partial charge on any atom is 0.315 e. The van der Waals surface area contributed by atoms with Crippen LogP contribution in [0, 0.1) is 0 Å². The first-order valence-electron chi connectivity index (χ1n) is 5.68. The quantitative estimate of drug-likeness (QED) is 0.793. The van der Waals surface area contributed by atoms with Gasteiger partial charge in [-0.1, -0.05) is 5.16 Å². The van der Waals surface area contributed by atoms with Crippen molar-refractivity contribution in [2.24, 2.45) is 0 Å². The highest BCUT2D eigenvalue weighted by atomic mass is 16.5. The second-order valence-electron chi connectivity index (χ2n) is 4.42. The Morgan fingerprint density at radius 2 is 2.19 bits per heavy atom. The van der Waals surface area contributed by atoms with Gasteiger partial charge in [-0.25, -0.2) is 4.79 Å². The number of rotatable bonds is 4. The summed E-state index contributed by atoms with van der Waals surface area (Å²) >= 11 is 0. The van der Waals surface area contributed by atoms with Crippen molar-refractivity contribution < 1.29 is 9.32 Å². The zero-order valence-corrected chi connectivity index (χ0v) is 8.90. The van der Waals surface area contributed by atoms with E-state index in [0.717, 1.165) is 25.7 Å². The van der Waals surface area contributed by atoms with E-state index >= 15 is 0 Å². The SMILES string of the molecule is O=C(NCc1noc(C2CC2)n1)NC1CC1. The van der Waals surface area contributed by atoms with Gasteiger partial charge in [0, 0.05) is 12.0 Å². The van der Waals surface area contributed by atoms with Crippen molar-refractivity contribution in [1.82, 2.24) is 20.8 Å². The van der Waals surface area contributed by atoms with Crippen LogP contribution < -0.4 is 10.6 Å². The summed E-state index contributed by atoms with van der Waals surface area (Å²) in [6.07, 6.45) is 4.44. The molecule has 0 bridgehead atoms. The molecule has 2 aliphatic carbocycles. The van der Waals surface area contributed by atoms with Crippen LogP contribution in [0.2, 0.25) is 0 Å². The Morgan fingerprint density at radius 3 is 2.88 bits per heavy atom. The minimum Gasteiger partial charge on any atom is -0.339 e. The van der Waals surface area contributed by atoms with Crippen LogP contribution in [0.4, 0.5) is 4.79 Å². The number of hydrogen-bond acceptors (Lipinski definition) is 4. The second kappa shape index (κ2) is 3.77. The zero-order chi connectivity index (χ0) is 11.0. The lowest BCUT2D eigenvalue weighted by atomic mass is 10.4. The van der Waals surface area contributed by atoms with Crippen LogP contribution in [-0.2, 0) is 6.54 Å². The van der Waals surface area contributed by atoms with Gasteiger partial charge in [-0.2, -0.15) is 4.98 Å². The number of carbonyl (C=O) groups is 1. The summed E-state index contributed by atoms with van der Waals surface area (Å²) in [6, 6.07) is 0.215. The summed E-state index contributed by atoms with van der Waals surface area (Å²) in [4.78, 5) is 15.5. The fraction of sp³-hybridized carbons (Fsp3) is 0.700. The molecule has 6 nitrogen and oxygen atoms in total. The topological polar surface area (TPSA) is 80.1 Å². The Hall–Kier alpha value is -1.59. The Bertz CT molecular complexity index is 395. The maximum atomic E-state index is 11.3. The zero-order valence-electron chi connectivity index (χ0n) is 8.90.